The fourth-order valence-electron chi connectivity index (χ4n) is 1.30. The van der Waals surface area contributed by atoms with Gasteiger partial charge in [-0.05, 0) is 12.1 Å². The summed E-state index contributed by atoms with van der Waals surface area (Å²) >= 11 is 12.0. The van der Waals surface area contributed by atoms with Crippen LogP contribution in [0.4, 0.5) is 11.5 Å². The van der Waals surface area contributed by atoms with Crippen LogP contribution in [0, 0.1) is 0 Å². The normalized spacial score (nSPS) is 9.59. The van der Waals surface area contributed by atoms with E-state index < -0.39 is 0 Å². The summed E-state index contributed by atoms with van der Waals surface area (Å²) in [6.07, 6.45) is 1.51. The highest BCUT2D eigenvalue weighted by Crippen LogP contribution is 2.27. The second-order valence-electron chi connectivity index (χ2n) is 3.27. The Balaban J connectivity index is 0.00000144. The van der Waals surface area contributed by atoms with Crippen molar-refractivity contribution in [2.24, 2.45) is 7.05 Å². The molecule has 0 aliphatic carbocycles. The maximum absolute atomic E-state index is 6.09. The van der Waals surface area contributed by atoms with Gasteiger partial charge in [0, 0.05) is 0 Å². The first-order valence-electron chi connectivity index (χ1n) is 4.71. The van der Waals surface area contributed by atoms with Gasteiger partial charge in [0.25, 0.3) is 0 Å². The van der Waals surface area contributed by atoms with Crippen molar-refractivity contribution < 1.29 is 17.1 Å². The van der Waals surface area contributed by atoms with Crippen LogP contribution < -0.4 is 22.4 Å². The second kappa shape index (κ2) is 6.05. The molecule has 0 atom stereocenters. The lowest BCUT2D eigenvalue weighted by molar-refractivity contribution is -0.717. The summed E-state index contributed by atoms with van der Waals surface area (Å²) in [4.78, 5) is 0. The molecule has 0 aliphatic rings. The van der Waals surface area contributed by atoms with Crippen LogP contribution in [0.15, 0.2) is 36.5 Å². The molecule has 0 unspecified atom stereocenters. The number of benzene rings is 1. The standard InChI is InChI=1S/C11H9Cl2N3.ClH/c1-16-11(10(13)9(12)7-14-16)15-8-5-3-2-4-6-8;/h2-7H,1H3;1H. The number of para-hydroxylation sites is 1. The highest BCUT2D eigenvalue weighted by Gasteiger charge is 2.16. The van der Waals surface area contributed by atoms with Gasteiger partial charge >= 0.3 is 5.82 Å². The minimum atomic E-state index is 0. The van der Waals surface area contributed by atoms with Crippen molar-refractivity contribution >= 4 is 34.7 Å². The van der Waals surface area contributed by atoms with Crippen molar-refractivity contribution in [1.82, 2.24) is 5.10 Å². The zero-order chi connectivity index (χ0) is 11.5. The van der Waals surface area contributed by atoms with Gasteiger partial charge in [-0.2, -0.15) is 0 Å². The van der Waals surface area contributed by atoms with Crippen molar-refractivity contribution in [3.8, 4) is 0 Å². The smallest absolute Gasteiger partial charge is 0.320 e. The number of aromatic nitrogens is 2. The number of halogens is 3. The molecule has 2 aromatic rings. The summed E-state index contributed by atoms with van der Waals surface area (Å²) < 4.78 is 1.64. The molecule has 0 amide bonds. The topological polar surface area (TPSA) is 28.8 Å². The minimum absolute atomic E-state index is 0. The van der Waals surface area contributed by atoms with E-state index in [1.807, 2.05) is 30.3 Å². The van der Waals surface area contributed by atoms with Crippen molar-refractivity contribution in [1.29, 1.82) is 0 Å². The third-order valence-corrected chi connectivity index (χ3v) is 2.89. The molecule has 1 aromatic carbocycles. The predicted octanol–water partition coefficient (Wildman–Crippen LogP) is -0.0395. The largest absolute Gasteiger partial charge is 1.00 e. The summed E-state index contributed by atoms with van der Waals surface area (Å²) in [6.45, 7) is 0. The van der Waals surface area contributed by atoms with E-state index in [4.69, 9.17) is 23.2 Å². The van der Waals surface area contributed by atoms with Crippen LogP contribution in [0.25, 0.3) is 0 Å². The lowest BCUT2D eigenvalue weighted by Crippen LogP contribution is -3.00. The van der Waals surface area contributed by atoms with Crippen LogP contribution in [0.2, 0.25) is 10.0 Å². The van der Waals surface area contributed by atoms with Crippen LogP contribution >= 0.6 is 23.2 Å². The molecule has 6 heteroatoms. The summed E-state index contributed by atoms with van der Waals surface area (Å²) in [7, 11) is 1.80. The third kappa shape index (κ3) is 3.22. The Morgan fingerprint density at radius 2 is 1.82 bits per heavy atom. The fraction of sp³-hybridized carbons (Fsp3) is 0.0909. The van der Waals surface area contributed by atoms with E-state index in [9.17, 15) is 0 Å². The average molecular weight is 291 g/mol. The SMILES string of the molecule is C[n+]1ncc(Cl)c(Cl)c1Nc1ccccc1.[Cl-]. The first kappa shape index (κ1) is 14.0. The van der Waals surface area contributed by atoms with Gasteiger partial charge in [-0.25, -0.2) is 5.32 Å². The molecule has 1 N–H and O–H groups in total. The first-order chi connectivity index (χ1) is 7.68. The van der Waals surface area contributed by atoms with E-state index in [0.717, 1.165) is 5.69 Å². The van der Waals surface area contributed by atoms with Crippen LogP contribution in [0.5, 0.6) is 0 Å². The average Bonchev–Trinajstić information content (AvgIpc) is 2.31. The monoisotopic (exact) mass is 289 g/mol. The Morgan fingerprint density at radius 3 is 2.47 bits per heavy atom. The van der Waals surface area contributed by atoms with E-state index in [1.165, 1.54) is 6.20 Å². The number of rotatable bonds is 2. The lowest BCUT2D eigenvalue weighted by atomic mass is 10.3. The Bertz CT molecular complexity index is 503. The van der Waals surface area contributed by atoms with Crippen LogP contribution in [0.1, 0.15) is 0 Å². The lowest BCUT2D eigenvalue weighted by Gasteiger charge is -2.04. The van der Waals surface area contributed by atoms with Gasteiger partial charge in [0.15, 0.2) is 5.02 Å². The van der Waals surface area contributed by atoms with Gasteiger partial charge < -0.3 is 12.4 Å². The highest BCUT2D eigenvalue weighted by atomic mass is 35.5. The molecule has 0 aliphatic heterocycles. The molecular formula is C11H10Cl3N3. The van der Waals surface area contributed by atoms with Crippen LogP contribution in [0.3, 0.4) is 0 Å². The molecular weight excluding hydrogens is 281 g/mol. The Morgan fingerprint density at radius 1 is 1.18 bits per heavy atom. The van der Waals surface area contributed by atoms with Gasteiger partial charge in [-0.3, -0.25) is 0 Å². The Kier molecular flexibility index (Phi) is 5.00. The number of aryl methyl sites for hydroxylation is 1. The number of hydrogen-bond donors (Lipinski definition) is 1. The fourth-order valence-corrected chi connectivity index (χ4v) is 1.65. The maximum Gasteiger partial charge on any atom is 0.320 e. The van der Waals surface area contributed by atoms with Gasteiger partial charge in [-0.15, -0.1) is 4.68 Å². The molecule has 0 saturated carbocycles. The molecule has 0 saturated heterocycles. The minimum Gasteiger partial charge on any atom is -1.00 e. The number of anilines is 2. The molecule has 0 fully saturated rings. The van der Waals surface area contributed by atoms with Gasteiger partial charge in [-0.1, -0.05) is 46.5 Å². The van der Waals surface area contributed by atoms with Gasteiger partial charge in [0.05, 0.1) is 11.2 Å². The number of hydrogen-bond acceptors (Lipinski definition) is 2. The number of nitrogens with zero attached hydrogens (tertiary/aromatic N) is 2. The Labute approximate surface area is 116 Å². The van der Waals surface area contributed by atoms with Crippen molar-refractivity contribution in [2.75, 3.05) is 5.32 Å². The maximum atomic E-state index is 6.09. The molecule has 2 rings (SSSR count). The first-order valence-corrected chi connectivity index (χ1v) is 5.46. The quantitative estimate of drug-likeness (QED) is 0.787. The molecule has 17 heavy (non-hydrogen) atoms. The Hall–Kier alpha value is -1.03. The summed E-state index contributed by atoms with van der Waals surface area (Å²) in [5, 5.41) is 8.13. The second-order valence-corrected chi connectivity index (χ2v) is 4.05. The molecule has 0 spiro atoms. The zero-order valence-electron chi connectivity index (χ0n) is 8.99. The van der Waals surface area contributed by atoms with Crippen LogP contribution in [-0.4, -0.2) is 5.10 Å². The van der Waals surface area contributed by atoms with Crippen molar-refractivity contribution in [3.05, 3.63) is 46.6 Å². The molecule has 90 valence electrons. The van der Waals surface area contributed by atoms with Crippen LogP contribution in [-0.2, 0) is 7.05 Å². The van der Waals surface area contributed by atoms with E-state index in [2.05, 4.69) is 10.4 Å². The third-order valence-electron chi connectivity index (χ3n) is 2.12. The van der Waals surface area contributed by atoms with Crippen molar-refractivity contribution in [3.63, 3.8) is 0 Å². The van der Waals surface area contributed by atoms with E-state index in [1.54, 1.807) is 11.7 Å². The van der Waals surface area contributed by atoms with E-state index in [0.29, 0.717) is 15.9 Å². The summed E-state index contributed by atoms with van der Waals surface area (Å²) in [5.74, 6) is 0.667. The predicted molar refractivity (Wildman–Crippen MR) is 65.2 cm³/mol. The molecule has 0 bridgehead atoms. The van der Waals surface area contributed by atoms with E-state index >= 15 is 0 Å². The molecule has 3 nitrogen and oxygen atoms in total. The number of nitrogens with one attached hydrogen (secondary N) is 1. The molecule has 0 radical (unpaired) electrons. The van der Waals surface area contributed by atoms with Crippen molar-refractivity contribution in [2.45, 2.75) is 0 Å². The molecule has 1 heterocycles. The highest BCUT2D eigenvalue weighted by molar-refractivity contribution is 6.43. The van der Waals surface area contributed by atoms with Gasteiger partial charge in [0.1, 0.15) is 12.7 Å². The summed E-state index contributed by atoms with van der Waals surface area (Å²) in [6, 6.07) is 9.71. The zero-order valence-corrected chi connectivity index (χ0v) is 11.3. The van der Waals surface area contributed by atoms with Gasteiger partial charge in [0.2, 0.25) is 0 Å². The summed E-state index contributed by atoms with van der Waals surface area (Å²) in [5.41, 5.74) is 0.934. The van der Waals surface area contributed by atoms with E-state index in [-0.39, 0.29) is 12.4 Å². The molecule has 1 aromatic heterocycles.